The number of aromatic amines is 1. The van der Waals surface area contributed by atoms with E-state index in [1.54, 1.807) is 20.3 Å². The minimum atomic E-state index is -0.926. The lowest BCUT2D eigenvalue weighted by atomic mass is 9.90. The topological polar surface area (TPSA) is 91.8 Å². The first-order valence-corrected chi connectivity index (χ1v) is 12.8. The number of benzene rings is 1. The van der Waals surface area contributed by atoms with Crippen LogP contribution in [0, 0.1) is 19.8 Å². The van der Waals surface area contributed by atoms with Crippen molar-refractivity contribution < 1.29 is 14.6 Å². The van der Waals surface area contributed by atoms with E-state index < -0.39 is 6.23 Å². The van der Waals surface area contributed by atoms with Crippen LogP contribution >= 0.6 is 0 Å². The minimum Gasteiger partial charge on any atom is -0.496 e. The second kappa shape index (κ2) is 11.6. The zero-order chi connectivity index (χ0) is 25.8. The Balaban J connectivity index is 1.57. The van der Waals surface area contributed by atoms with Gasteiger partial charge in [0, 0.05) is 54.1 Å². The number of H-pyrrole nitrogens is 1. The average molecular weight is 497 g/mol. The molecule has 1 saturated heterocycles. The summed E-state index contributed by atoms with van der Waals surface area (Å²) in [7, 11) is 3.31. The molecule has 8 heteroatoms. The molecule has 0 spiro atoms. The third kappa shape index (κ3) is 5.37. The number of likely N-dealkylation sites (tertiary alicyclic amines) is 1. The molecule has 2 aromatic heterocycles. The summed E-state index contributed by atoms with van der Waals surface area (Å²) in [6.45, 7) is 10.3. The predicted octanol–water partition coefficient (Wildman–Crippen LogP) is 3.66. The fourth-order valence-electron chi connectivity index (χ4n) is 5.71. The molecule has 0 aliphatic carbocycles. The first-order chi connectivity index (χ1) is 17.3. The number of hydrogen-bond acceptors (Lipinski definition) is 6. The van der Waals surface area contributed by atoms with Gasteiger partial charge in [0.25, 0.3) is 5.56 Å². The molecule has 3 aromatic rings. The van der Waals surface area contributed by atoms with Crippen molar-refractivity contribution in [2.24, 2.45) is 5.92 Å². The van der Waals surface area contributed by atoms with Gasteiger partial charge in [0.05, 0.1) is 19.3 Å². The van der Waals surface area contributed by atoms with E-state index in [1.165, 1.54) is 0 Å². The van der Waals surface area contributed by atoms with E-state index >= 15 is 0 Å². The number of ether oxygens (including phenoxy) is 2. The standard InChI is InChI=1S/C28H40N4O4/c1-18-16-25(36-5)23(27(33)30-18)17-29-28(34)26-20(3)32(24-9-7-6-8-22(24)26)19(2)21-10-12-31(13-11-21)14-15-35-4/h6-9,16,19,21,28-29,34H,10-15,17H2,1-5H3,(H,30,33). The first-order valence-electron chi connectivity index (χ1n) is 12.8. The summed E-state index contributed by atoms with van der Waals surface area (Å²) in [5, 5.41) is 15.5. The Labute approximate surface area is 213 Å². The average Bonchev–Trinajstić information content (AvgIpc) is 3.17. The molecule has 1 aliphatic rings. The summed E-state index contributed by atoms with van der Waals surface area (Å²) in [5.74, 6) is 1.08. The zero-order valence-corrected chi connectivity index (χ0v) is 22.1. The minimum absolute atomic E-state index is 0.189. The van der Waals surface area contributed by atoms with Gasteiger partial charge in [-0.25, -0.2) is 0 Å². The van der Waals surface area contributed by atoms with Gasteiger partial charge in [0.2, 0.25) is 0 Å². The Hall–Kier alpha value is -2.65. The summed E-state index contributed by atoms with van der Waals surface area (Å²) >= 11 is 0. The quantitative estimate of drug-likeness (QED) is 0.371. The molecule has 1 aromatic carbocycles. The summed E-state index contributed by atoms with van der Waals surface area (Å²) in [4.78, 5) is 17.8. The molecule has 196 valence electrons. The van der Waals surface area contributed by atoms with Crippen molar-refractivity contribution >= 4 is 10.9 Å². The summed E-state index contributed by atoms with van der Waals surface area (Å²) in [6.07, 6.45) is 1.36. The fourth-order valence-corrected chi connectivity index (χ4v) is 5.71. The fraction of sp³-hybridized carbons (Fsp3) is 0.536. The Kier molecular flexibility index (Phi) is 8.51. The molecule has 4 rings (SSSR count). The molecule has 0 radical (unpaired) electrons. The van der Waals surface area contributed by atoms with E-state index in [0.717, 1.165) is 66.9 Å². The lowest BCUT2D eigenvalue weighted by molar-refractivity contribution is 0.108. The van der Waals surface area contributed by atoms with Crippen LogP contribution in [-0.4, -0.2) is 60.0 Å². The Bertz CT molecular complexity index is 1230. The van der Waals surface area contributed by atoms with Gasteiger partial charge in [-0.05, 0) is 64.8 Å². The third-order valence-electron chi connectivity index (χ3n) is 7.73. The van der Waals surface area contributed by atoms with Crippen molar-refractivity contribution in [3.63, 3.8) is 0 Å². The van der Waals surface area contributed by atoms with Gasteiger partial charge < -0.3 is 29.0 Å². The van der Waals surface area contributed by atoms with Gasteiger partial charge in [0.1, 0.15) is 12.0 Å². The zero-order valence-electron chi connectivity index (χ0n) is 22.1. The van der Waals surface area contributed by atoms with Crippen molar-refractivity contribution in [3.8, 4) is 5.75 Å². The second-order valence-corrected chi connectivity index (χ2v) is 9.91. The van der Waals surface area contributed by atoms with Crippen LogP contribution in [0.2, 0.25) is 0 Å². The molecule has 0 saturated carbocycles. The SMILES string of the molecule is COCCN1CCC(C(C)n2c(C)c(C(O)NCc3c(OC)cc(C)[nH]c3=O)c3ccccc32)CC1. The van der Waals surface area contributed by atoms with Crippen LogP contribution in [0.5, 0.6) is 5.75 Å². The van der Waals surface area contributed by atoms with Crippen LogP contribution in [0.1, 0.15) is 54.5 Å². The highest BCUT2D eigenvalue weighted by atomic mass is 16.5. The van der Waals surface area contributed by atoms with E-state index in [2.05, 4.69) is 51.8 Å². The maximum Gasteiger partial charge on any atom is 0.256 e. The van der Waals surface area contributed by atoms with Crippen LogP contribution in [0.4, 0.5) is 0 Å². The van der Waals surface area contributed by atoms with Crippen LogP contribution < -0.4 is 15.6 Å². The van der Waals surface area contributed by atoms with Crippen LogP contribution in [0.15, 0.2) is 35.1 Å². The number of pyridine rings is 1. The number of aryl methyl sites for hydroxylation is 1. The molecule has 1 aliphatic heterocycles. The van der Waals surface area contributed by atoms with E-state index in [4.69, 9.17) is 9.47 Å². The molecule has 3 N–H and O–H groups in total. The largest absolute Gasteiger partial charge is 0.496 e. The van der Waals surface area contributed by atoms with Crippen LogP contribution in [0.3, 0.4) is 0 Å². The lowest BCUT2D eigenvalue weighted by Gasteiger charge is -2.36. The number of piperidine rings is 1. The van der Waals surface area contributed by atoms with E-state index in [-0.39, 0.29) is 12.1 Å². The number of aromatic nitrogens is 2. The molecule has 0 bridgehead atoms. The normalized spacial score (nSPS) is 16.9. The maximum absolute atomic E-state index is 12.5. The number of rotatable bonds is 10. The monoisotopic (exact) mass is 496 g/mol. The smallest absolute Gasteiger partial charge is 0.256 e. The van der Waals surface area contributed by atoms with Gasteiger partial charge in [0.15, 0.2) is 0 Å². The van der Waals surface area contributed by atoms with Crippen LogP contribution in [0.25, 0.3) is 10.9 Å². The second-order valence-electron chi connectivity index (χ2n) is 9.91. The highest BCUT2D eigenvalue weighted by Gasteiger charge is 2.29. The number of fused-ring (bicyclic) bond motifs is 1. The number of nitrogens with one attached hydrogen (secondary N) is 2. The Morgan fingerprint density at radius 3 is 2.61 bits per heavy atom. The van der Waals surface area contributed by atoms with Crippen molar-refractivity contribution in [1.29, 1.82) is 0 Å². The molecular formula is C28H40N4O4. The Morgan fingerprint density at radius 1 is 1.19 bits per heavy atom. The van der Waals surface area contributed by atoms with Crippen molar-refractivity contribution in [3.05, 3.63) is 63.2 Å². The third-order valence-corrected chi connectivity index (χ3v) is 7.73. The molecule has 36 heavy (non-hydrogen) atoms. The lowest BCUT2D eigenvalue weighted by Crippen LogP contribution is -2.38. The van der Waals surface area contributed by atoms with E-state index in [1.807, 2.05) is 13.0 Å². The van der Waals surface area contributed by atoms with E-state index in [9.17, 15) is 9.90 Å². The predicted molar refractivity (Wildman–Crippen MR) is 143 cm³/mol. The van der Waals surface area contributed by atoms with Gasteiger partial charge in [-0.15, -0.1) is 0 Å². The molecule has 1 fully saturated rings. The number of nitrogens with zero attached hydrogens (tertiary/aromatic N) is 2. The van der Waals surface area contributed by atoms with Crippen molar-refractivity contribution in [2.75, 3.05) is 40.5 Å². The van der Waals surface area contributed by atoms with E-state index in [0.29, 0.717) is 23.3 Å². The highest BCUT2D eigenvalue weighted by molar-refractivity contribution is 5.86. The maximum atomic E-state index is 12.5. The van der Waals surface area contributed by atoms with Crippen molar-refractivity contribution in [2.45, 2.75) is 52.4 Å². The number of para-hydroxylation sites is 1. The Morgan fingerprint density at radius 2 is 1.92 bits per heavy atom. The highest BCUT2D eigenvalue weighted by Crippen LogP contribution is 2.37. The number of aliphatic hydroxyl groups excluding tert-OH is 1. The molecule has 2 atom stereocenters. The summed E-state index contributed by atoms with van der Waals surface area (Å²) < 4.78 is 13.1. The molecule has 0 amide bonds. The van der Waals surface area contributed by atoms with Gasteiger partial charge in [-0.2, -0.15) is 0 Å². The van der Waals surface area contributed by atoms with Gasteiger partial charge in [-0.1, -0.05) is 18.2 Å². The van der Waals surface area contributed by atoms with Crippen molar-refractivity contribution in [1.82, 2.24) is 19.8 Å². The molecule has 8 nitrogen and oxygen atoms in total. The van der Waals surface area contributed by atoms with Crippen LogP contribution in [-0.2, 0) is 11.3 Å². The summed E-state index contributed by atoms with van der Waals surface area (Å²) in [5.41, 5.74) is 4.03. The first kappa shape index (κ1) is 26.4. The van der Waals surface area contributed by atoms with Gasteiger partial charge >= 0.3 is 0 Å². The number of aliphatic hydroxyl groups is 1. The molecule has 2 unspecified atom stereocenters. The molecule has 3 heterocycles. The number of methoxy groups -OCH3 is 2. The summed E-state index contributed by atoms with van der Waals surface area (Å²) in [6, 6.07) is 10.4. The number of hydrogen-bond donors (Lipinski definition) is 3. The molecular weight excluding hydrogens is 456 g/mol. The van der Waals surface area contributed by atoms with Gasteiger partial charge in [-0.3, -0.25) is 10.1 Å².